The Hall–Kier alpha value is -1.93. The second-order valence-electron chi connectivity index (χ2n) is 6.72. The molecule has 1 aliphatic heterocycles. The molecule has 0 radical (unpaired) electrons. The number of nitrogens with zero attached hydrogens (tertiary/aromatic N) is 1. The largest absolute Gasteiger partial charge is 0.400 e. The molecule has 0 atom stereocenters. The first-order valence-electron chi connectivity index (χ1n) is 9.76. The maximum absolute atomic E-state index is 13.3. The van der Waals surface area contributed by atoms with E-state index < -0.39 is 12.5 Å². The minimum Gasteiger partial charge on any atom is -0.400 e. The number of amides is 3. The Bertz CT molecular complexity index is 639. The number of carbonyl (C=O) groups is 2. The third kappa shape index (κ3) is 10.4. The lowest BCUT2D eigenvalue weighted by atomic mass is 10.1. The third-order valence-corrected chi connectivity index (χ3v) is 4.62. The van der Waals surface area contributed by atoms with E-state index in [1.165, 1.54) is 12.5 Å². The molecular formula is C20H30ClF2N3O3. The van der Waals surface area contributed by atoms with E-state index in [9.17, 15) is 18.4 Å². The molecule has 3 rings (SSSR count). The fourth-order valence-corrected chi connectivity index (χ4v) is 2.85. The summed E-state index contributed by atoms with van der Waals surface area (Å²) in [5.74, 6) is -0.425. The molecule has 3 N–H and O–H groups in total. The molecule has 29 heavy (non-hydrogen) atoms. The molecule has 1 saturated heterocycles. The Morgan fingerprint density at radius 3 is 2.41 bits per heavy atom. The van der Waals surface area contributed by atoms with Gasteiger partial charge in [0.15, 0.2) is 0 Å². The van der Waals surface area contributed by atoms with Crippen LogP contribution in [0.15, 0.2) is 18.2 Å². The zero-order chi connectivity index (χ0) is 21.6. The number of aliphatic hydroxyl groups is 1. The highest BCUT2D eigenvalue weighted by Crippen LogP contribution is 2.18. The van der Waals surface area contributed by atoms with E-state index in [2.05, 4.69) is 10.6 Å². The third-order valence-electron chi connectivity index (χ3n) is 4.38. The van der Waals surface area contributed by atoms with Gasteiger partial charge in [0.05, 0.1) is 13.1 Å². The predicted molar refractivity (Wildman–Crippen MR) is 109 cm³/mol. The van der Waals surface area contributed by atoms with E-state index in [4.69, 9.17) is 16.7 Å². The van der Waals surface area contributed by atoms with E-state index in [0.717, 1.165) is 45.9 Å². The Labute approximate surface area is 175 Å². The standard InChI is InChI=1S/C11H12ClFN2O.C8H14FNO.CH4O/c12-8-2-1-7(10(13)5-8)6-14-11(16)15-9-3-4-9;9-5-4-8(11)10-6-2-1-3-7-10;1-2/h1-2,5,9H,3-4,6H2,(H2,14,15,16);1-7H2;2H,1H3. The van der Waals surface area contributed by atoms with Gasteiger partial charge in [0.1, 0.15) is 5.82 Å². The Morgan fingerprint density at radius 2 is 1.86 bits per heavy atom. The quantitative estimate of drug-likeness (QED) is 0.665. The van der Waals surface area contributed by atoms with Gasteiger partial charge in [0, 0.05) is 43.4 Å². The monoisotopic (exact) mass is 433 g/mol. The SMILES string of the molecule is CO.O=C(CCF)N1CCCCC1.O=C(NCc1ccc(Cl)cc1F)NC1CC1. The lowest BCUT2D eigenvalue weighted by Crippen LogP contribution is -2.36. The first-order chi connectivity index (χ1) is 14.0. The van der Waals surface area contributed by atoms with Crippen molar-refractivity contribution in [2.45, 2.75) is 51.1 Å². The average Bonchev–Trinajstić information content (AvgIpc) is 3.54. The molecule has 1 aromatic rings. The summed E-state index contributed by atoms with van der Waals surface area (Å²) in [6.45, 7) is 1.31. The van der Waals surface area contributed by atoms with Crippen molar-refractivity contribution in [1.82, 2.24) is 15.5 Å². The van der Waals surface area contributed by atoms with Gasteiger partial charge in [0.2, 0.25) is 5.91 Å². The van der Waals surface area contributed by atoms with Gasteiger partial charge in [-0.05, 0) is 44.2 Å². The van der Waals surface area contributed by atoms with Crippen LogP contribution in [-0.4, -0.2) is 54.9 Å². The number of benzene rings is 1. The molecule has 1 aromatic carbocycles. The van der Waals surface area contributed by atoms with Crippen LogP contribution >= 0.6 is 11.6 Å². The topological polar surface area (TPSA) is 81.7 Å². The smallest absolute Gasteiger partial charge is 0.315 e. The molecule has 2 fully saturated rings. The molecule has 1 saturated carbocycles. The fraction of sp³-hybridized carbons (Fsp3) is 0.600. The number of piperidine rings is 1. The number of hydrogen-bond acceptors (Lipinski definition) is 3. The maximum Gasteiger partial charge on any atom is 0.315 e. The van der Waals surface area contributed by atoms with Gasteiger partial charge in [-0.3, -0.25) is 9.18 Å². The van der Waals surface area contributed by atoms with Crippen LogP contribution in [0.25, 0.3) is 0 Å². The van der Waals surface area contributed by atoms with Crippen LogP contribution in [0.5, 0.6) is 0 Å². The highest BCUT2D eigenvalue weighted by Gasteiger charge is 2.23. The number of hydrogen-bond donors (Lipinski definition) is 3. The second kappa shape index (κ2) is 14.1. The number of aliphatic hydroxyl groups excluding tert-OH is 1. The van der Waals surface area contributed by atoms with E-state index >= 15 is 0 Å². The van der Waals surface area contributed by atoms with Gasteiger partial charge in [-0.2, -0.15) is 0 Å². The summed E-state index contributed by atoms with van der Waals surface area (Å²) in [6, 6.07) is 4.44. The van der Waals surface area contributed by atoms with Crippen molar-refractivity contribution >= 4 is 23.5 Å². The molecule has 1 aliphatic carbocycles. The maximum atomic E-state index is 13.3. The van der Waals surface area contributed by atoms with Gasteiger partial charge in [-0.15, -0.1) is 0 Å². The summed E-state index contributed by atoms with van der Waals surface area (Å²) in [5.41, 5.74) is 0.426. The van der Waals surface area contributed by atoms with Crippen LogP contribution in [0.3, 0.4) is 0 Å². The Balaban J connectivity index is 0.000000284. The van der Waals surface area contributed by atoms with Crippen molar-refractivity contribution < 1.29 is 23.5 Å². The minimum atomic E-state index is -0.519. The van der Waals surface area contributed by atoms with Gasteiger partial charge in [0.25, 0.3) is 0 Å². The molecule has 0 unspecified atom stereocenters. The number of rotatable bonds is 5. The van der Waals surface area contributed by atoms with Crippen LogP contribution in [0.2, 0.25) is 5.02 Å². The molecule has 0 spiro atoms. The second-order valence-corrected chi connectivity index (χ2v) is 7.15. The van der Waals surface area contributed by atoms with E-state index in [1.807, 2.05) is 0 Å². The Kier molecular flexibility index (Phi) is 12.2. The van der Waals surface area contributed by atoms with Crippen LogP contribution < -0.4 is 10.6 Å². The fourth-order valence-electron chi connectivity index (χ4n) is 2.69. The molecular weight excluding hydrogens is 404 g/mol. The summed E-state index contributed by atoms with van der Waals surface area (Å²) < 4.78 is 25.1. The zero-order valence-corrected chi connectivity index (χ0v) is 17.5. The molecule has 164 valence electrons. The van der Waals surface area contributed by atoms with Gasteiger partial charge >= 0.3 is 6.03 Å². The van der Waals surface area contributed by atoms with Crippen molar-refractivity contribution in [3.8, 4) is 0 Å². The predicted octanol–water partition coefficient (Wildman–Crippen LogP) is 3.41. The van der Waals surface area contributed by atoms with Crippen LogP contribution in [0.1, 0.15) is 44.1 Å². The van der Waals surface area contributed by atoms with Crippen LogP contribution in [0.4, 0.5) is 13.6 Å². The number of carbonyl (C=O) groups excluding carboxylic acids is 2. The number of nitrogens with one attached hydrogen (secondary N) is 2. The highest BCUT2D eigenvalue weighted by atomic mass is 35.5. The average molecular weight is 434 g/mol. The number of alkyl halides is 1. The molecule has 0 aromatic heterocycles. The highest BCUT2D eigenvalue weighted by molar-refractivity contribution is 6.30. The normalized spacial score (nSPS) is 15.3. The lowest BCUT2D eigenvalue weighted by molar-refractivity contribution is -0.132. The first-order valence-corrected chi connectivity index (χ1v) is 10.1. The van der Waals surface area contributed by atoms with Crippen LogP contribution in [0, 0.1) is 5.82 Å². The summed E-state index contributed by atoms with van der Waals surface area (Å²) in [6.07, 6.45) is 5.50. The molecule has 9 heteroatoms. The zero-order valence-electron chi connectivity index (χ0n) is 16.7. The van der Waals surface area contributed by atoms with E-state index in [1.54, 1.807) is 17.0 Å². The molecule has 6 nitrogen and oxygen atoms in total. The number of urea groups is 1. The minimum absolute atomic E-state index is 0.0211. The molecule has 1 heterocycles. The van der Waals surface area contributed by atoms with Crippen LogP contribution in [-0.2, 0) is 11.3 Å². The van der Waals surface area contributed by atoms with Crippen molar-refractivity contribution in [2.24, 2.45) is 0 Å². The van der Waals surface area contributed by atoms with E-state index in [-0.39, 0.29) is 24.9 Å². The number of likely N-dealkylation sites (tertiary alicyclic amines) is 1. The van der Waals surface area contributed by atoms with E-state index in [0.29, 0.717) is 16.6 Å². The first kappa shape index (κ1) is 25.1. The van der Waals surface area contributed by atoms with Crippen molar-refractivity contribution in [1.29, 1.82) is 0 Å². The summed E-state index contributed by atoms with van der Waals surface area (Å²) in [4.78, 5) is 24.1. The van der Waals surface area contributed by atoms with Crippen molar-refractivity contribution in [2.75, 3.05) is 26.9 Å². The molecule has 3 amide bonds. The van der Waals surface area contributed by atoms with Crippen molar-refractivity contribution in [3.63, 3.8) is 0 Å². The summed E-state index contributed by atoms with van der Waals surface area (Å²) >= 11 is 5.62. The van der Waals surface area contributed by atoms with Gasteiger partial charge < -0.3 is 20.6 Å². The lowest BCUT2D eigenvalue weighted by Gasteiger charge is -2.26. The summed E-state index contributed by atoms with van der Waals surface area (Å²) in [7, 11) is 1.00. The Morgan fingerprint density at radius 1 is 1.21 bits per heavy atom. The summed E-state index contributed by atoms with van der Waals surface area (Å²) in [5, 5.41) is 12.7. The number of halogens is 3. The molecule has 0 bridgehead atoms. The van der Waals surface area contributed by atoms with Gasteiger partial charge in [-0.1, -0.05) is 17.7 Å². The molecule has 2 aliphatic rings. The van der Waals surface area contributed by atoms with Crippen molar-refractivity contribution in [3.05, 3.63) is 34.6 Å². The van der Waals surface area contributed by atoms with Gasteiger partial charge in [-0.25, -0.2) is 9.18 Å².